The first-order valence-electron chi connectivity index (χ1n) is 9.54. The Hall–Kier alpha value is -1.76. The molecule has 0 amide bonds. The van der Waals surface area contributed by atoms with E-state index in [9.17, 15) is 32.9 Å². The summed E-state index contributed by atoms with van der Waals surface area (Å²) in [6, 6.07) is 3.08. The van der Waals surface area contributed by atoms with Gasteiger partial charge in [-0.15, -0.1) is 0 Å². The molecular weight excluding hydrogens is 457 g/mol. The van der Waals surface area contributed by atoms with Gasteiger partial charge in [-0.1, -0.05) is 18.5 Å². The molecule has 0 radical (unpaired) electrons. The van der Waals surface area contributed by atoms with E-state index in [1.54, 1.807) is 6.92 Å². The van der Waals surface area contributed by atoms with Gasteiger partial charge in [-0.25, -0.2) is 17.6 Å². The Bertz CT molecular complexity index is 997. The number of rotatable bonds is 7. The predicted octanol–water partition coefficient (Wildman–Crippen LogP) is 1.64. The summed E-state index contributed by atoms with van der Waals surface area (Å²) in [6.45, 7) is 0.771. The van der Waals surface area contributed by atoms with Crippen LogP contribution in [0, 0.1) is 5.82 Å². The smallest absolute Gasteiger partial charge is 0.332 e. The first kappa shape index (κ1) is 23.9. The lowest BCUT2D eigenvalue weighted by Crippen LogP contribution is -2.46. The molecule has 1 fully saturated rings. The van der Waals surface area contributed by atoms with Crippen molar-refractivity contribution in [2.24, 2.45) is 0 Å². The summed E-state index contributed by atoms with van der Waals surface area (Å²) in [5.74, 6) is -3.75. The minimum absolute atomic E-state index is 0.0369. The zero-order valence-electron chi connectivity index (χ0n) is 16.5. The fourth-order valence-electron chi connectivity index (χ4n) is 3.91. The van der Waals surface area contributed by atoms with Crippen molar-refractivity contribution in [3.05, 3.63) is 40.7 Å². The van der Waals surface area contributed by atoms with Crippen LogP contribution in [0.5, 0.6) is 0 Å². The van der Waals surface area contributed by atoms with Crippen molar-refractivity contribution in [3.8, 4) is 0 Å². The van der Waals surface area contributed by atoms with Crippen LogP contribution in [0.15, 0.2) is 29.8 Å². The van der Waals surface area contributed by atoms with E-state index in [1.165, 1.54) is 0 Å². The van der Waals surface area contributed by atoms with E-state index >= 15 is 0 Å². The maximum atomic E-state index is 13.2. The first-order chi connectivity index (χ1) is 14.5. The largest absolute Gasteiger partial charge is 0.478 e. The van der Waals surface area contributed by atoms with Crippen LogP contribution >= 0.6 is 11.6 Å². The zero-order valence-corrected chi connectivity index (χ0v) is 18.1. The van der Waals surface area contributed by atoms with E-state index in [1.807, 2.05) is 0 Å². The summed E-state index contributed by atoms with van der Waals surface area (Å²) in [7, 11) is -4.29. The van der Waals surface area contributed by atoms with Crippen molar-refractivity contribution < 1.29 is 42.4 Å². The second-order valence-electron chi connectivity index (χ2n) is 7.48. The van der Waals surface area contributed by atoms with E-state index in [-0.39, 0.29) is 30.0 Å². The lowest BCUT2D eigenvalue weighted by atomic mass is 9.93. The number of carboxylic acids is 1. The fraction of sp³-hybridized carbons (Fsp3) is 0.526. The number of carboxylic acid groups (broad SMARTS) is 1. The number of nitrogens with one attached hydrogen (secondary N) is 1. The molecule has 1 aliphatic heterocycles. The van der Waals surface area contributed by atoms with Crippen molar-refractivity contribution in [2.45, 2.75) is 48.9 Å². The molecule has 0 bridgehead atoms. The van der Waals surface area contributed by atoms with Crippen LogP contribution in [-0.4, -0.2) is 65.7 Å². The molecule has 1 aliphatic carbocycles. The molecule has 1 aromatic carbocycles. The number of benzene rings is 1. The van der Waals surface area contributed by atoms with Crippen LogP contribution in [0.3, 0.4) is 0 Å². The van der Waals surface area contributed by atoms with Gasteiger partial charge >= 0.3 is 5.97 Å². The number of hydrogen-bond acceptors (Lipinski definition) is 7. The third kappa shape index (κ3) is 4.43. The van der Waals surface area contributed by atoms with E-state index in [0.717, 1.165) is 24.3 Å². The van der Waals surface area contributed by atoms with Crippen LogP contribution in [0.4, 0.5) is 10.1 Å². The lowest BCUT2D eigenvalue weighted by molar-refractivity contribution is -0.171. The van der Waals surface area contributed by atoms with Crippen LogP contribution < -0.4 is 4.72 Å². The number of hydrogen-bond donors (Lipinski definition) is 4. The number of aliphatic hydroxyl groups is 2. The summed E-state index contributed by atoms with van der Waals surface area (Å²) in [5, 5.41) is 27.5. The molecule has 31 heavy (non-hydrogen) atoms. The average molecular weight is 480 g/mol. The highest BCUT2D eigenvalue weighted by Crippen LogP contribution is 2.46. The van der Waals surface area contributed by atoms with Gasteiger partial charge in [-0.05, 0) is 37.1 Å². The van der Waals surface area contributed by atoms with Gasteiger partial charge in [0.15, 0.2) is 5.79 Å². The molecular formula is C19H23ClFNO8S. The third-order valence-corrected chi connectivity index (χ3v) is 7.67. The van der Waals surface area contributed by atoms with Crippen molar-refractivity contribution in [1.82, 2.24) is 0 Å². The summed E-state index contributed by atoms with van der Waals surface area (Å²) < 4.78 is 53.0. The Labute approximate surface area is 183 Å². The summed E-state index contributed by atoms with van der Waals surface area (Å²) in [4.78, 5) is 11.9. The van der Waals surface area contributed by atoms with E-state index in [2.05, 4.69) is 4.72 Å². The third-order valence-electron chi connectivity index (χ3n) is 5.62. The standard InChI is InChI=1S/C19H23ClFNO8S/c1-2-18(10-24)16(9-23)29-19(30-18)6-5-15(12(8-19)17(25)26)31(27,28)22-14-4-3-11(21)7-13(14)20/h3-4,7-8,15-16,22-24H,2,5-6,9-10H2,1H3,(H,25,26)/t15?,16-,18-,19?/m1/s1. The molecule has 1 heterocycles. The second kappa shape index (κ2) is 8.64. The molecule has 1 saturated heterocycles. The number of ether oxygens (including phenoxy) is 2. The SMILES string of the molecule is CC[C@]1(CO)OC2(C=C(C(=O)O)C(S(=O)(=O)Nc3ccc(F)cc3Cl)CC2)O[C@@H]1CO. The molecule has 2 unspecified atom stereocenters. The first-order valence-corrected chi connectivity index (χ1v) is 11.5. The second-order valence-corrected chi connectivity index (χ2v) is 9.75. The van der Waals surface area contributed by atoms with Gasteiger partial charge in [0.05, 0.1) is 29.5 Å². The minimum atomic E-state index is -4.29. The molecule has 172 valence electrons. The summed E-state index contributed by atoms with van der Waals surface area (Å²) in [5.41, 5.74) is -1.83. The molecule has 0 saturated carbocycles. The van der Waals surface area contributed by atoms with Crippen molar-refractivity contribution in [1.29, 1.82) is 0 Å². The van der Waals surface area contributed by atoms with Gasteiger partial charge in [-0.3, -0.25) is 4.72 Å². The molecule has 9 nitrogen and oxygen atoms in total. The summed E-state index contributed by atoms with van der Waals surface area (Å²) >= 11 is 5.88. The topological polar surface area (TPSA) is 142 Å². The van der Waals surface area contributed by atoms with Crippen molar-refractivity contribution in [2.75, 3.05) is 17.9 Å². The number of aliphatic carboxylic acids is 1. The number of carbonyl (C=O) groups is 1. The molecule has 3 rings (SSSR count). The van der Waals surface area contributed by atoms with Crippen LogP contribution in [0.2, 0.25) is 5.02 Å². The van der Waals surface area contributed by atoms with Crippen molar-refractivity contribution in [3.63, 3.8) is 0 Å². The van der Waals surface area contributed by atoms with Gasteiger partial charge in [0.25, 0.3) is 0 Å². The van der Waals surface area contributed by atoms with Gasteiger partial charge < -0.3 is 24.8 Å². The Morgan fingerprint density at radius 3 is 2.61 bits per heavy atom. The maximum Gasteiger partial charge on any atom is 0.332 e. The lowest BCUT2D eigenvalue weighted by Gasteiger charge is -2.34. The Kier molecular flexibility index (Phi) is 6.66. The average Bonchev–Trinajstić information content (AvgIpc) is 3.03. The molecule has 1 spiro atoms. The number of halogens is 2. The van der Waals surface area contributed by atoms with Gasteiger partial charge in [0.2, 0.25) is 10.0 Å². The summed E-state index contributed by atoms with van der Waals surface area (Å²) in [6.07, 6.45) is 0.211. The molecule has 2 aliphatic rings. The fourth-order valence-corrected chi connectivity index (χ4v) is 5.74. The molecule has 12 heteroatoms. The molecule has 1 aromatic rings. The zero-order chi connectivity index (χ0) is 23.0. The maximum absolute atomic E-state index is 13.2. The van der Waals surface area contributed by atoms with Crippen LogP contribution in [0.1, 0.15) is 26.2 Å². The van der Waals surface area contributed by atoms with Crippen LogP contribution in [0.25, 0.3) is 0 Å². The van der Waals surface area contributed by atoms with Crippen LogP contribution in [-0.2, 0) is 24.3 Å². The Balaban J connectivity index is 1.95. The van der Waals surface area contributed by atoms with Gasteiger partial charge in [0.1, 0.15) is 22.8 Å². The van der Waals surface area contributed by atoms with Gasteiger partial charge in [-0.2, -0.15) is 0 Å². The highest BCUT2D eigenvalue weighted by atomic mass is 35.5. The van der Waals surface area contributed by atoms with E-state index < -0.39 is 63.3 Å². The quantitative estimate of drug-likeness (QED) is 0.462. The van der Waals surface area contributed by atoms with E-state index in [0.29, 0.717) is 0 Å². The predicted molar refractivity (Wildman–Crippen MR) is 109 cm³/mol. The normalized spacial score (nSPS) is 30.9. The number of aliphatic hydroxyl groups excluding tert-OH is 2. The highest BCUT2D eigenvalue weighted by Gasteiger charge is 2.57. The number of sulfonamides is 1. The number of anilines is 1. The molecule has 0 aromatic heterocycles. The molecule has 4 atom stereocenters. The Morgan fingerprint density at radius 2 is 2.10 bits per heavy atom. The van der Waals surface area contributed by atoms with E-state index in [4.69, 9.17) is 21.1 Å². The van der Waals surface area contributed by atoms with Gasteiger partial charge in [0, 0.05) is 6.42 Å². The minimum Gasteiger partial charge on any atom is -0.478 e. The highest BCUT2D eigenvalue weighted by molar-refractivity contribution is 7.93. The molecule has 4 N–H and O–H groups in total. The Morgan fingerprint density at radius 1 is 1.39 bits per heavy atom. The van der Waals surface area contributed by atoms with Crippen molar-refractivity contribution >= 4 is 33.3 Å². The monoisotopic (exact) mass is 479 g/mol.